The van der Waals surface area contributed by atoms with Crippen molar-refractivity contribution in [3.63, 3.8) is 0 Å². The fourth-order valence-electron chi connectivity index (χ4n) is 7.21. The molecule has 1 aliphatic heterocycles. The Morgan fingerprint density at radius 3 is 2.37 bits per heavy atom. The van der Waals surface area contributed by atoms with Crippen LogP contribution in [0.3, 0.4) is 0 Å². The van der Waals surface area contributed by atoms with Crippen molar-refractivity contribution >= 4 is 5.91 Å². The third kappa shape index (κ3) is 3.30. The van der Waals surface area contributed by atoms with Crippen molar-refractivity contribution in [3.05, 3.63) is 35.6 Å². The number of likely N-dealkylation sites (tertiary alicyclic amines) is 1. The van der Waals surface area contributed by atoms with Crippen molar-refractivity contribution < 1.29 is 9.18 Å². The van der Waals surface area contributed by atoms with Crippen LogP contribution in [0.4, 0.5) is 4.39 Å². The molecule has 4 bridgehead atoms. The molecule has 0 spiro atoms. The fourth-order valence-corrected chi connectivity index (χ4v) is 7.21. The Kier molecular flexibility index (Phi) is 4.30. The third-order valence-corrected chi connectivity index (χ3v) is 7.74. The predicted molar refractivity (Wildman–Crippen MR) is 104 cm³/mol. The summed E-state index contributed by atoms with van der Waals surface area (Å²) in [7, 11) is 0. The average molecular weight is 371 g/mol. The Hall–Kier alpha value is -1.42. The second kappa shape index (κ2) is 6.58. The van der Waals surface area contributed by atoms with Gasteiger partial charge in [-0.05, 0) is 99.4 Å². The fraction of sp³-hybridized carbons (Fsp3) is 0.696. The van der Waals surface area contributed by atoms with Crippen LogP contribution in [0.2, 0.25) is 0 Å². The van der Waals surface area contributed by atoms with E-state index in [1.807, 2.05) is 12.1 Å². The van der Waals surface area contributed by atoms with Crippen LogP contribution in [0, 0.1) is 17.7 Å². The Balaban J connectivity index is 1.35. The van der Waals surface area contributed by atoms with Crippen LogP contribution in [0.5, 0.6) is 0 Å². The van der Waals surface area contributed by atoms with E-state index in [2.05, 4.69) is 10.2 Å². The number of rotatable bonds is 4. The molecule has 4 heteroatoms. The molecule has 3 nitrogen and oxygen atoms in total. The molecule has 6 rings (SSSR count). The molecule has 1 aromatic rings. The van der Waals surface area contributed by atoms with Crippen molar-refractivity contribution in [2.45, 2.75) is 68.7 Å². The van der Waals surface area contributed by atoms with Crippen LogP contribution in [0.1, 0.15) is 63.4 Å². The van der Waals surface area contributed by atoms with Crippen LogP contribution in [0.25, 0.3) is 0 Å². The van der Waals surface area contributed by atoms with Gasteiger partial charge in [0.05, 0.1) is 6.54 Å². The molecule has 1 aromatic carbocycles. The average Bonchev–Trinajstić information content (AvgIpc) is 2.61. The number of amides is 1. The summed E-state index contributed by atoms with van der Waals surface area (Å²) in [4.78, 5) is 15.2. The van der Waals surface area contributed by atoms with Gasteiger partial charge in [-0.3, -0.25) is 9.69 Å². The van der Waals surface area contributed by atoms with E-state index in [1.165, 1.54) is 44.1 Å². The Morgan fingerprint density at radius 1 is 1.04 bits per heavy atom. The van der Waals surface area contributed by atoms with Crippen molar-refractivity contribution in [1.29, 1.82) is 0 Å². The summed E-state index contributed by atoms with van der Waals surface area (Å²) in [5, 5.41) is 3.52. The largest absolute Gasteiger partial charge is 0.350 e. The summed E-state index contributed by atoms with van der Waals surface area (Å²) in [6, 6.07) is 7.20. The SMILES string of the molecule is O=C(CN1CCCCC1)NC12C[C@H]3C[C@@H](C1)CC(c1ccc(F)cc1)(C3)C2. The molecule has 2 unspecified atom stereocenters. The molecule has 4 saturated carbocycles. The molecule has 4 aliphatic carbocycles. The van der Waals surface area contributed by atoms with Gasteiger partial charge in [0.1, 0.15) is 5.82 Å². The molecule has 5 aliphatic rings. The summed E-state index contributed by atoms with van der Waals surface area (Å²) in [5.41, 5.74) is 1.38. The van der Waals surface area contributed by atoms with Gasteiger partial charge in [0.25, 0.3) is 0 Å². The lowest BCUT2D eigenvalue weighted by Crippen LogP contribution is -2.65. The maximum Gasteiger partial charge on any atom is 0.234 e. The number of hydrogen-bond acceptors (Lipinski definition) is 2. The first-order valence-corrected chi connectivity index (χ1v) is 10.8. The Bertz CT molecular complexity index is 696. The van der Waals surface area contributed by atoms with E-state index < -0.39 is 0 Å². The van der Waals surface area contributed by atoms with Gasteiger partial charge < -0.3 is 5.32 Å². The highest BCUT2D eigenvalue weighted by molar-refractivity contribution is 5.79. The number of carbonyl (C=O) groups excluding carboxylic acids is 1. The minimum absolute atomic E-state index is 0.0364. The summed E-state index contributed by atoms with van der Waals surface area (Å²) in [6.45, 7) is 2.68. The quantitative estimate of drug-likeness (QED) is 0.868. The standard InChI is InChI=1S/C23H31FN2O/c24-20-6-4-19(5-7-20)22-11-17-10-18(12-22)14-23(13-17,16-22)25-21(27)15-26-8-2-1-3-9-26/h4-7,17-18H,1-3,8-16H2,(H,25,27)/t17-,18+,22?,23?. The van der Waals surface area contributed by atoms with Gasteiger partial charge >= 0.3 is 0 Å². The molecular formula is C23H31FN2O. The first kappa shape index (κ1) is 17.7. The van der Waals surface area contributed by atoms with E-state index >= 15 is 0 Å². The van der Waals surface area contributed by atoms with Crippen molar-refractivity contribution in [3.8, 4) is 0 Å². The van der Waals surface area contributed by atoms with Crippen molar-refractivity contribution in [2.24, 2.45) is 11.8 Å². The molecular weight excluding hydrogens is 339 g/mol. The van der Waals surface area contributed by atoms with Gasteiger partial charge in [0.15, 0.2) is 0 Å². The summed E-state index contributed by atoms with van der Waals surface area (Å²) >= 11 is 0. The molecule has 1 heterocycles. The number of piperidine rings is 1. The topological polar surface area (TPSA) is 32.3 Å². The highest BCUT2D eigenvalue weighted by Crippen LogP contribution is 2.62. The lowest BCUT2D eigenvalue weighted by Gasteiger charge is -2.62. The van der Waals surface area contributed by atoms with Gasteiger partial charge in [0, 0.05) is 5.54 Å². The Morgan fingerprint density at radius 2 is 1.70 bits per heavy atom. The zero-order chi connectivity index (χ0) is 18.5. The predicted octanol–water partition coefficient (Wildman–Crippen LogP) is 4.02. The second-order valence-electron chi connectivity index (χ2n) is 9.91. The maximum absolute atomic E-state index is 13.5. The number of nitrogens with one attached hydrogen (secondary N) is 1. The zero-order valence-electron chi connectivity index (χ0n) is 16.2. The molecule has 5 fully saturated rings. The van der Waals surface area contributed by atoms with Gasteiger partial charge in [-0.15, -0.1) is 0 Å². The highest BCUT2D eigenvalue weighted by atomic mass is 19.1. The van der Waals surface area contributed by atoms with Crippen LogP contribution >= 0.6 is 0 Å². The van der Waals surface area contributed by atoms with Crippen LogP contribution in [-0.4, -0.2) is 36.0 Å². The lowest BCUT2D eigenvalue weighted by atomic mass is 9.45. The molecule has 0 aromatic heterocycles. The van der Waals surface area contributed by atoms with Gasteiger partial charge in [0.2, 0.25) is 5.91 Å². The monoisotopic (exact) mass is 370 g/mol. The van der Waals surface area contributed by atoms with Gasteiger partial charge in [-0.25, -0.2) is 4.39 Å². The minimum Gasteiger partial charge on any atom is -0.350 e. The van der Waals surface area contributed by atoms with Gasteiger partial charge in [-0.2, -0.15) is 0 Å². The minimum atomic E-state index is -0.159. The normalized spacial score (nSPS) is 38.1. The summed E-state index contributed by atoms with van der Waals surface area (Å²) in [5.74, 6) is 1.46. The molecule has 1 amide bonds. The van der Waals surface area contributed by atoms with Crippen LogP contribution in [0.15, 0.2) is 24.3 Å². The van der Waals surface area contributed by atoms with E-state index in [0.29, 0.717) is 18.4 Å². The summed E-state index contributed by atoms with van der Waals surface area (Å²) < 4.78 is 13.5. The summed E-state index contributed by atoms with van der Waals surface area (Å²) in [6.07, 6.45) is 10.8. The number of benzene rings is 1. The third-order valence-electron chi connectivity index (χ3n) is 7.74. The molecule has 1 saturated heterocycles. The van der Waals surface area contributed by atoms with Crippen molar-refractivity contribution in [2.75, 3.05) is 19.6 Å². The van der Waals surface area contributed by atoms with E-state index in [0.717, 1.165) is 32.4 Å². The van der Waals surface area contributed by atoms with E-state index in [1.54, 1.807) is 12.1 Å². The Labute approximate surface area is 161 Å². The lowest BCUT2D eigenvalue weighted by molar-refractivity contribution is -0.129. The van der Waals surface area contributed by atoms with E-state index in [-0.39, 0.29) is 22.7 Å². The smallest absolute Gasteiger partial charge is 0.234 e. The molecule has 4 atom stereocenters. The first-order valence-electron chi connectivity index (χ1n) is 10.8. The first-order chi connectivity index (χ1) is 13.0. The van der Waals surface area contributed by atoms with Gasteiger partial charge in [-0.1, -0.05) is 18.6 Å². The number of halogens is 1. The van der Waals surface area contributed by atoms with Crippen molar-refractivity contribution in [1.82, 2.24) is 10.2 Å². The molecule has 146 valence electrons. The second-order valence-corrected chi connectivity index (χ2v) is 9.91. The number of hydrogen-bond donors (Lipinski definition) is 1. The molecule has 27 heavy (non-hydrogen) atoms. The number of carbonyl (C=O) groups is 1. The highest BCUT2D eigenvalue weighted by Gasteiger charge is 2.58. The van der Waals surface area contributed by atoms with Crippen LogP contribution in [-0.2, 0) is 10.2 Å². The van der Waals surface area contributed by atoms with E-state index in [9.17, 15) is 9.18 Å². The number of nitrogens with zero attached hydrogens (tertiary/aromatic N) is 1. The molecule has 1 N–H and O–H groups in total. The maximum atomic E-state index is 13.5. The van der Waals surface area contributed by atoms with E-state index in [4.69, 9.17) is 0 Å². The zero-order valence-corrected chi connectivity index (χ0v) is 16.2. The van der Waals surface area contributed by atoms with Crippen LogP contribution < -0.4 is 5.32 Å². The molecule has 0 radical (unpaired) electrons.